The average molecular weight is 852 g/mol. The van der Waals surface area contributed by atoms with Crippen molar-refractivity contribution in [2.24, 2.45) is 27.7 Å². The van der Waals surface area contributed by atoms with Crippen LogP contribution < -0.4 is 24.3 Å². The van der Waals surface area contributed by atoms with Crippen molar-refractivity contribution < 1.29 is 28.5 Å². The van der Waals surface area contributed by atoms with Crippen LogP contribution in [0.3, 0.4) is 0 Å². The van der Waals surface area contributed by atoms with Gasteiger partial charge in [-0.1, -0.05) is 70.7 Å². The van der Waals surface area contributed by atoms with Crippen LogP contribution in [0.25, 0.3) is 16.7 Å². The van der Waals surface area contributed by atoms with Crippen LogP contribution in [0, 0.1) is 24.7 Å². The van der Waals surface area contributed by atoms with Crippen molar-refractivity contribution in [1.82, 2.24) is 0 Å². The Labute approximate surface area is 375 Å². The number of Topliss-reactive ketones (excluding diaryl/α,β-unsaturated/α-hetero) is 1. The van der Waals surface area contributed by atoms with Crippen molar-refractivity contribution in [1.29, 1.82) is 0 Å². The topological polar surface area (TPSA) is 108 Å². The summed E-state index contributed by atoms with van der Waals surface area (Å²) in [4.78, 5) is 33.7. The maximum atomic E-state index is 12.7. The standard InChI is InChI=1S/C54H65N3O6/c1-13-41(43-16-20-45(21-17-43)57-51(34-58)36(5)6)26-37(7)32-55-49-31-54(53(61-12)29-47(49)35(3)4)63-25-15-24-62-52-30-50(48(40(10)59)28-39(52)9)56-33-38(8)27-42(14-2)44-18-22-46(60-11)23-19-44/h13-14,16-23,28-33,36-38,57H,3,15,24-27H2,1-2,4-12H3/b41-13+,42-14+,55-32?,56-33?/t37-,38-/m0/s1. The molecule has 0 bridgehead atoms. The van der Waals surface area contributed by atoms with E-state index in [1.165, 1.54) is 11.1 Å². The zero-order valence-electron chi connectivity index (χ0n) is 39.1. The number of aliphatic imine (C=N–C) groups is 2. The number of ketones is 1. The number of carbonyl (C=O) groups excluding carboxylic acids is 2. The molecule has 0 spiro atoms. The second-order valence-corrected chi connectivity index (χ2v) is 16.2. The molecule has 0 saturated carbocycles. The van der Waals surface area contributed by atoms with Gasteiger partial charge >= 0.3 is 0 Å². The molecular formula is C54H65N3O6. The highest BCUT2D eigenvalue weighted by molar-refractivity contribution is 6.00. The quantitative estimate of drug-likeness (QED) is 0.0343. The van der Waals surface area contributed by atoms with Crippen molar-refractivity contribution >= 4 is 57.9 Å². The van der Waals surface area contributed by atoms with Crippen molar-refractivity contribution in [2.45, 2.75) is 81.6 Å². The molecule has 1 N–H and O–H groups in total. The summed E-state index contributed by atoms with van der Waals surface area (Å²) in [5, 5.41) is 3.17. The van der Waals surface area contributed by atoms with Crippen LogP contribution in [0.1, 0.15) is 107 Å². The van der Waals surface area contributed by atoms with Gasteiger partial charge in [0.2, 0.25) is 0 Å². The molecule has 0 saturated heterocycles. The molecule has 0 aromatic heterocycles. The van der Waals surface area contributed by atoms with Gasteiger partial charge in [0.25, 0.3) is 0 Å². The summed E-state index contributed by atoms with van der Waals surface area (Å²) in [5.41, 5.74) is 10.5. The number of rotatable bonds is 23. The molecule has 0 aliphatic carbocycles. The first kappa shape index (κ1) is 49.2. The van der Waals surface area contributed by atoms with Crippen LogP contribution in [0.5, 0.6) is 23.0 Å². The Morgan fingerprint density at radius 3 is 1.73 bits per heavy atom. The monoisotopic (exact) mass is 851 g/mol. The molecule has 332 valence electrons. The van der Waals surface area contributed by atoms with Gasteiger partial charge in [-0.05, 0) is 129 Å². The first-order valence-corrected chi connectivity index (χ1v) is 21.7. The molecule has 0 heterocycles. The highest BCUT2D eigenvalue weighted by atomic mass is 16.5. The summed E-state index contributed by atoms with van der Waals surface area (Å²) in [7, 11) is 3.28. The molecule has 4 aromatic carbocycles. The summed E-state index contributed by atoms with van der Waals surface area (Å²) in [6, 6.07) is 23.7. The molecule has 0 fully saturated rings. The van der Waals surface area contributed by atoms with Gasteiger partial charge in [-0.25, -0.2) is 4.79 Å². The zero-order chi connectivity index (χ0) is 46.1. The van der Waals surface area contributed by atoms with Crippen molar-refractivity contribution in [3.8, 4) is 23.0 Å². The van der Waals surface area contributed by atoms with Crippen LogP contribution in [-0.4, -0.2) is 51.6 Å². The molecule has 4 rings (SSSR count). The molecular weight excluding hydrogens is 787 g/mol. The van der Waals surface area contributed by atoms with Crippen LogP contribution in [0.4, 0.5) is 17.1 Å². The number of methoxy groups -OCH3 is 2. The minimum absolute atomic E-state index is 0.0525. The number of allylic oxidation sites excluding steroid dienone is 6. The number of ether oxygens (including phenoxy) is 4. The molecule has 63 heavy (non-hydrogen) atoms. The van der Waals surface area contributed by atoms with Crippen LogP contribution in [0.15, 0.2) is 107 Å². The van der Waals surface area contributed by atoms with E-state index in [4.69, 9.17) is 28.9 Å². The van der Waals surface area contributed by atoms with E-state index < -0.39 is 0 Å². The third-order valence-corrected chi connectivity index (χ3v) is 10.6. The second-order valence-electron chi connectivity index (χ2n) is 16.2. The van der Waals surface area contributed by atoms with E-state index in [1.807, 2.05) is 108 Å². The number of carbonyl (C=O) groups is 1. The molecule has 0 amide bonds. The number of nitrogens with one attached hydrogen (secondary N) is 1. The van der Waals surface area contributed by atoms with Crippen LogP contribution in [0.2, 0.25) is 0 Å². The fourth-order valence-electron chi connectivity index (χ4n) is 6.95. The predicted octanol–water partition coefficient (Wildman–Crippen LogP) is 13.5. The number of nitrogens with zero attached hydrogens (tertiary/aromatic N) is 2. The number of hydrogen-bond acceptors (Lipinski definition) is 9. The van der Waals surface area contributed by atoms with E-state index >= 15 is 0 Å². The lowest BCUT2D eigenvalue weighted by atomic mass is 9.95. The van der Waals surface area contributed by atoms with Gasteiger partial charge < -0.3 is 24.3 Å². The Bertz CT molecular complexity index is 2360. The lowest BCUT2D eigenvalue weighted by Crippen LogP contribution is -2.07. The SMILES string of the molecule is C=C(C)c1cc(OC)c(OCCCOc2cc(N=C[C@@H](C)C/C(=C\C)c3ccc(OC)cc3)c(C(C)=O)cc2C)cc1N=C[C@@H](C)C/C(=C\C)c1ccc(NC(=C=O)C(C)C)cc1. The molecule has 9 heteroatoms. The van der Waals surface area contributed by atoms with Gasteiger partial charge in [0.15, 0.2) is 17.3 Å². The van der Waals surface area contributed by atoms with Crippen molar-refractivity contribution in [3.05, 3.63) is 125 Å². The minimum atomic E-state index is -0.0525. The highest BCUT2D eigenvalue weighted by Gasteiger charge is 2.16. The van der Waals surface area contributed by atoms with Gasteiger partial charge in [0, 0.05) is 53.7 Å². The highest BCUT2D eigenvalue weighted by Crippen LogP contribution is 2.38. The number of benzene rings is 4. The normalized spacial score (nSPS) is 12.9. The van der Waals surface area contributed by atoms with E-state index in [-0.39, 0.29) is 23.5 Å². The van der Waals surface area contributed by atoms with Crippen LogP contribution >= 0.6 is 0 Å². The lowest BCUT2D eigenvalue weighted by molar-refractivity contribution is 0.101. The molecule has 0 aliphatic heterocycles. The van der Waals surface area contributed by atoms with Gasteiger partial charge in [-0.2, -0.15) is 0 Å². The van der Waals surface area contributed by atoms with E-state index in [0.29, 0.717) is 53.8 Å². The summed E-state index contributed by atoms with van der Waals surface area (Å²) < 4.78 is 23.6. The molecule has 0 aliphatic rings. The van der Waals surface area contributed by atoms with Crippen molar-refractivity contribution in [3.63, 3.8) is 0 Å². The minimum Gasteiger partial charge on any atom is -0.497 e. The molecule has 2 atom stereocenters. The van der Waals surface area contributed by atoms with Gasteiger partial charge in [0.05, 0.1) is 38.8 Å². The maximum Gasteiger partial charge on any atom is 0.163 e. The fourth-order valence-corrected chi connectivity index (χ4v) is 6.95. The molecule has 0 unspecified atom stereocenters. The van der Waals surface area contributed by atoms with Gasteiger partial charge in [-0.15, -0.1) is 0 Å². The summed E-state index contributed by atoms with van der Waals surface area (Å²) in [6.07, 6.45) is 10.3. The summed E-state index contributed by atoms with van der Waals surface area (Å²) in [6.45, 7) is 22.7. The van der Waals surface area contributed by atoms with Gasteiger partial charge in [-0.3, -0.25) is 14.8 Å². The summed E-state index contributed by atoms with van der Waals surface area (Å²) >= 11 is 0. The molecule has 9 nitrogen and oxygen atoms in total. The third kappa shape index (κ3) is 14.3. The zero-order valence-corrected chi connectivity index (χ0v) is 39.1. The molecule has 4 aromatic rings. The molecule has 0 radical (unpaired) electrons. The summed E-state index contributed by atoms with van der Waals surface area (Å²) in [5.74, 6) is 4.92. The maximum absolute atomic E-state index is 12.7. The lowest BCUT2D eigenvalue weighted by Gasteiger charge is -2.16. The van der Waals surface area contributed by atoms with Gasteiger partial charge in [0.1, 0.15) is 23.1 Å². The smallest absolute Gasteiger partial charge is 0.163 e. The number of aryl methyl sites for hydroxylation is 1. The number of hydrogen-bond donors (Lipinski definition) is 1. The van der Waals surface area contributed by atoms with Crippen molar-refractivity contribution in [2.75, 3.05) is 32.8 Å². The Balaban J connectivity index is 1.40. The Morgan fingerprint density at radius 2 is 1.25 bits per heavy atom. The first-order chi connectivity index (χ1) is 30.2. The largest absolute Gasteiger partial charge is 0.497 e. The Morgan fingerprint density at radius 1 is 0.730 bits per heavy atom. The number of anilines is 1. The third-order valence-electron chi connectivity index (χ3n) is 10.6. The van der Waals surface area contributed by atoms with E-state index in [9.17, 15) is 9.59 Å². The Hall–Kier alpha value is -6.44. The van der Waals surface area contributed by atoms with E-state index in [2.05, 4.69) is 62.2 Å². The average Bonchev–Trinajstić information content (AvgIpc) is 3.28. The Kier molecular flexibility index (Phi) is 19.0. The van der Waals surface area contributed by atoms with E-state index in [1.54, 1.807) is 21.1 Å². The fraction of sp³-hybridized carbons (Fsp3) is 0.352. The first-order valence-electron chi connectivity index (χ1n) is 21.7. The predicted molar refractivity (Wildman–Crippen MR) is 263 cm³/mol. The van der Waals surface area contributed by atoms with E-state index in [0.717, 1.165) is 57.8 Å². The second kappa shape index (κ2) is 24.3. The van der Waals surface area contributed by atoms with Crippen LogP contribution in [-0.2, 0) is 4.79 Å².